The standard InChI is InChI=1S/C21H17F2N3O2S/c1-12-19(20(27)24-10-15-16(22)4-3-5-17(15)23)29-21-25-18(11-26(12)21)13-6-8-14(28-2)9-7-13/h3-9,11H,10H2,1-2H3,(H,24,27). The van der Waals surface area contributed by atoms with Crippen molar-refractivity contribution in [2.75, 3.05) is 7.11 Å². The lowest BCUT2D eigenvalue weighted by Crippen LogP contribution is -2.24. The number of amides is 1. The van der Waals surface area contributed by atoms with E-state index in [-0.39, 0.29) is 12.1 Å². The summed E-state index contributed by atoms with van der Waals surface area (Å²) in [5, 5.41) is 2.58. The second-order valence-electron chi connectivity index (χ2n) is 6.41. The number of nitrogens with zero attached hydrogens (tertiary/aromatic N) is 2. The highest BCUT2D eigenvalue weighted by Crippen LogP contribution is 2.28. The fourth-order valence-electron chi connectivity index (χ4n) is 3.01. The van der Waals surface area contributed by atoms with Crippen LogP contribution in [-0.2, 0) is 6.54 Å². The van der Waals surface area contributed by atoms with Crippen molar-refractivity contribution in [3.63, 3.8) is 0 Å². The predicted octanol–water partition coefficient (Wildman–Crippen LogP) is 4.59. The minimum absolute atomic E-state index is 0.165. The smallest absolute Gasteiger partial charge is 0.263 e. The highest BCUT2D eigenvalue weighted by Gasteiger charge is 2.19. The molecule has 4 aromatic rings. The zero-order valence-electron chi connectivity index (χ0n) is 15.7. The lowest BCUT2D eigenvalue weighted by Gasteiger charge is -2.07. The van der Waals surface area contributed by atoms with Gasteiger partial charge in [-0.15, -0.1) is 0 Å². The summed E-state index contributed by atoms with van der Waals surface area (Å²) in [7, 11) is 1.61. The van der Waals surface area contributed by atoms with E-state index in [0.29, 0.717) is 15.5 Å². The van der Waals surface area contributed by atoms with Crippen LogP contribution in [0.2, 0.25) is 0 Å². The molecule has 4 rings (SSSR count). The van der Waals surface area contributed by atoms with Crippen molar-refractivity contribution in [2.45, 2.75) is 13.5 Å². The third-order valence-corrected chi connectivity index (χ3v) is 5.79. The Morgan fingerprint density at radius 1 is 1.17 bits per heavy atom. The first-order valence-electron chi connectivity index (χ1n) is 8.82. The molecule has 2 heterocycles. The van der Waals surface area contributed by atoms with Crippen LogP contribution in [0.3, 0.4) is 0 Å². The van der Waals surface area contributed by atoms with Crippen molar-refractivity contribution in [1.82, 2.24) is 14.7 Å². The summed E-state index contributed by atoms with van der Waals surface area (Å²) in [6, 6.07) is 11.2. The molecule has 0 aliphatic carbocycles. The molecule has 2 aromatic carbocycles. The quantitative estimate of drug-likeness (QED) is 0.521. The zero-order valence-corrected chi connectivity index (χ0v) is 16.5. The Bertz CT molecular complexity index is 1180. The summed E-state index contributed by atoms with van der Waals surface area (Å²) >= 11 is 1.23. The van der Waals surface area contributed by atoms with Crippen LogP contribution < -0.4 is 10.1 Å². The molecule has 148 valence electrons. The van der Waals surface area contributed by atoms with Crippen LogP contribution in [0.1, 0.15) is 20.9 Å². The third-order valence-electron chi connectivity index (χ3n) is 4.64. The van der Waals surface area contributed by atoms with E-state index in [2.05, 4.69) is 10.3 Å². The van der Waals surface area contributed by atoms with Crippen LogP contribution in [0.15, 0.2) is 48.7 Å². The SMILES string of the molecule is COc1ccc(-c2cn3c(C)c(C(=O)NCc4c(F)cccc4F)sc3n2)cc1. The van der Waals surface area contributed by atoms with Gasteiger partial charge in [-0.3, -0.25) is 9.20 Å². The number of hydrogen-bond donors (Lipinski definition) is 1. The molecule has 0 aliphatic rings. The van der Waals surface area contributed by atoms with E-state index in [4.69, 9.17) is 4.74 Å². The number of hydrogen-bond acceptors (Lipinski definition) is 4. The van der Waals surface area contributed by atoms with Crippen molar-refractivity contribution < 1.29 is 18.3 Å². The number of halogens is 2. The zero-order chi connectivity index (χ0) is 20.5. The molecular weight excluding hydrogens is 396 g/mol. The Hall–Kier alpha value is -3.26. The van der Waals surface area contributed by atoms with E-state index in [1.807, 2.05) is 41.8 Å². The van der Waals surface area contributed by atoms with Gasteiger partial charge in [0.15, 0.2) is 4.96 Å². The van der Waals surface area contributed by atoms with Crippen LogP contribution in [-0.4, -0.2) is 22.4 Å². The maximum absolute atomic E-state index is 13.7. The normalized spacial score (nSPS) is 11.0. The first-order chi connectivity index (χ1) is 14.0. The molecule has 8 heteroatoms. The number of ether oxygens (including phenoxy) is 1. The molecule has 0 fully saturated rings. The summed E-state index contributed by atoms with van der Waals surface area (Å²) in [5.74, 6) is -1.01. The Balaban J connectivity index is 1.56. The number of carbonyl (C=O) groups is 1. The van der Waals surface area contributed by atoms with Gasteiger partial charge in [0.2, 0.25) is 0 Å². The molecule has 0 atom stereocenters. The lowest BCUT2D eigenvalue weighted by molar-refractivity contribution is 0.0953. The lowest BCUT2D eigenvalue weighted by atomic mass is 10.2. The van der Waals surface area contributed by atoms with Gasteiger partial charge in [-0.2, -0.15) is 0 Å². The summed E-state index contributed by atoms with van der Waals surface area (Å²) < 4.78 is 34.5. The van der Waals surface area contributed by atoms with Gasteiger partial charge < -0.3 is 10.1 Å². The average molecular weight is 413 g/mol. The molecule has 1 N–H and O–H groups in total. The summed E-state index contributed by atoms with van der Waals surface area (Å²) in [5.41, 5.74) is 2.26. The van der Waals surface area contributed by atoms with Crippen LogP contribution >= 0.6 is 11.3 Å². The topological polar surface area (TPSA) is 55.6 Å². The van der Waals surface area contributed by atoms with Gasteiger partial charge in [0.1, 0.15) is 22.3 Å². The van der Waals surface area contributed by atoms with E-state index in [0.717, 1.165) is 29.1 Å². The van der Waals surface area contributed by atoms with Crippen LogP contribution in [0.5, 0.6) is 5.75 Å². The monoisotopic (exact) mass is 413 g/mol. The van der Waals surface area contributed by atoms with Gasteiger partial charge in [0.25, 0.3) is 5.91 Å². The fourth-order valence-corrected chi connectivity index (χ4v) is 4.04. The van der Waals surface area contributed by atoms with Crippen molar-refractivity contribution in [3.05, 3.63) is 76.4 Å². The molecular formula is C21H17F2N3O2S. The molecule has 0 saturated carbocycles. The van der Waals surface area contributed by atoms with E-state index in [9.17, 15) is 13.6 Å². The highest BCUT2D eigenvalue weighted by molar-refractivity contribution is 7.19. The van der Waals surface area contributed by atoms with Crippen LogP contribution in [0.25, 0.3) is 16.2 Å². The number of rotatable bonds is 5. The Morgan fingerprint density at radius 2 is 1.86 bits per heavy atom. The van der Waals surface area contributed by atoms with Crippen LogP contribution in [0, 0.1) is 18.6 Å². The molecule has 0 saturated heterocycles. The van der Waals surface area contributed by atoms with Crippen LogP contribution in [0.4, 0.5) is 8.78 Å². The number of aryl methyl sites for hydroxylation is 1. The fraction of sp³-hybridized carbons (Fsp3) is 0.143. The summed E-state index contributed by atoms with van der Waals surface area (Å²) in [6.45, 7) is 1.58. The molecule has 0 bridgehead atoms. The molecule has 5 nitrogen and oxygen atoms in total. The predicted molar refractivity (Wildman–Crippen MR) is 107 cm³/mol. The number of imidazole rings is 1. The number of methoxy groups -OCH3 is 1. The van der Waals surface area contributed by atoms with Gasteiger partial charge >= 0.3 is 0 Å². The maximum atomic E-state index is 13.7. The minimum atomic E-state index is -0.688. The second-order valence-corrected chi connectivity index (χ2v) is 7.38. The maximum Gasteiger partial charge on any atom is 0.263 e. The number of aromatic nitrogens is 2. The van der Waals surface area contributed by atoms with Gasteiger partial charge in [-0.05, 0) is 43.3 Å². The molecule has 0 radical (unpaired) electrons. The molecule has 1 amide bonds. The summed E-state index contributed by atoms with van der Waals surface area (Å²) in [6.07, 6.45) is 1.86. The summed E-state index contributed by atoms with van der Waals surface area (Å²) in [4.78, 5) is 18.3. The van der Waals surface area contributed by atoms with Crippen molar-refractivity contribution in [1.29, 1.82) is 0 Å². The molecule has 29 heavy (non-hydrogen) atoms. The molecule has 0 spiro atoms. The Labute approximate surface area is 169 Å². The van der Waals surface area contributed by atoms with Gasteiger partial charge in [0, 0.05) is 29.6 Å². The van der Waals surface area contributed by atoms with E-state index in [1.165, 1.54) is 17.4 Å². The number of benzene rings is 2. The van der Waals surface area contributed by atoms with Crippen molar-refractivity contribution in [3.8, 4) is 17.0 Å². The van der Waals surface area contributed by atoms with Gasteiger partial charge in [-0.25, -0.2) is 13.8 Å². The molecule has 2 aromatic heterocycles. The first kappa shape index (κ1) is 19.1. The van der Waals surface area contributed by atoms with Crippen molar-refractivity contribution >= 4 is 22.2 Å². The number of carbonyl (C=O) groups excluding carboxylic acids is 1. The van der Waals surface area contributed by atoms with Crippen molar-refractivity contribution in [2.24, 2.45) is 0 Å². The Kier molecular flexibility index (Phi) is 5.02. The number of nitrogens with one attached hydrogen (secondary N) is 1. The van der Waals surface area contributed by atoms with E-state index in [1.54, 1.807) is 7.11 Å². The average Bonchev–Trinajstić information content (AvgIpc) is 3.27. The number of fused-ring (bicyclic) bond motifs is 1. The first-order valence-corrected chi connectivity index (χ1v) is 9.63. The number of thiazole rings is 1. The highest BCUT2D eigenvalue weighted by atomic mass is 32.1. The molecule has 0 unspecified atom stereocenters. The molecule has 0 aliphatic heterocycles. The van der Waals surface area contributed by atoms with Gasteiger partial charge in [0.05, 0.1) is 12.8 Å². The largest absolute Gasteiger partial charge is 0.497 e. The van der Waals surface area contributed by atoms with Gasteiger partial charge in [-0.1, -0.05) is 17.4 Å². The van der Waals surface area contributed by atoms with E-state index < -0.39 is 17.5 Å². The second kappa shape index (κ2) is 7.63. The van der Waals surface area contributed by atoms with E-state index >= 15 is 0 Å². The third kappa shape index (κ3) is 3.58. The Morgan fingerprint density at radius 3 is 2.48 bits per heavy atom. The minimum Gasteiger partial charge on any atom is -0.497 e.